The Morgan fingerprint density at radius 3 is 2.70 bits per heavy atom. The number of fused-ring (bicyclic) bond motifs is 2. The van der Waals surface area contributed by atoms with Gasteiger partial charge in [0.15, 0.2) is 0 Å². The van der Waals surface area contributed by atoms with Crippen LogP contribution in [0.1, 0.15) is 38.4 Å². The lowest BCUT2D eigenvalue weighted by Gasteiger charge is -2.30. The molecule has 3 nitrogen and oxygen atoms in total. The first-order chi connectivity index (χ1) is 11.1. The molecule has 0 bridgehead atoms. The number of hydrogen-bond acceptors (Lipinski definition) is 4. The maximum Gasteiger partial charge on any atom is 0.306 e. The summed E-state index contributed by atoms with van der Waals surface area (Å²) in [6.07, 6.45) is 1.07. The highest BCUT2D eigenvalue weighted by atomic mass is 32.2. The molecular weight excluding hydrogens is 306 g/mol. The smallest absolute Gasteiger partial charge is 0.306 e. The molecule has 1 aliphatic heterocycles. The maximum atomic E-state index is 11.7. The fourth-order valence-electron chi connectivity index (χ4n) is 2.74. The van der Waals surface area contributed by atoms with Crippen molar-refractivity contribution in [3.63, 3.8) is 0 Å². The van der Waals surface area contributed by atoms with Crippen LogP contribution in [-0.4, -0.2) is 13.0 Å². The molecule has 2 aromatic carbocycles. The van der Waals surface area contributed by atoms with Gasteiger partial charge in [-0.15, -0.1) is 0 Å². The van der Waals surface area contributed by atoms with Crippen molar-refractivity contribution < 1.29 is 9.53 Å². The lowest BCUT2D eigenvalue weighted by Crippen LogP contribution is -2.15. The third-order valence-corrected chi connectivity index (χ3v) is 5.14. The molecule has 4 heteroatoms. The Labute approximate surface area is 141 Å². The van der Waals surface area contributed by atoms with Crippen LogP contribution in [0.15, 0.2) is 52.3 Å². The van der Waals surface area contributed by atoms with Crippen LogP contribution in [0.4, 0.5) is 11.4 Å². The SMILES string of the molecule is CCCC(=O)O[C@@H](C)c1ccc2c(c1)Sc1ccccc1N2C. The summed E-state index contributed by atoms with van der Waals surface area (Å²) in [5.41, 5.74) is 3.44. The summed E-state index contributed by atoms with van der Waals surface area (Å²) < 4.78 is 5.50. The molecule has 0 spiro atoms. The average molecular weight is 327 g/mol. The van der Waals surface area contributed by atoms with Crippen molar-refractivity contribution >= 4 is 29.1 Å². The lowest BCUT2D eigenvalue weighted by atomic mass is 10.1. The van der Waals surface area contributed by atoms with Gasteiger partial charge in [0.1, 0.15) is 6.10 Å². The highest BCUT2D eigenvalue weighted by Crippen LogP contribution is 2.47. The molecule has 1 atom stereocenters. The standard InChI is InChI=1S/C19H21NO2S/c1-4-7-19(21)22-13(2)14-10-11-16-18(12-14)23-17-9-6-5-8-15(17)20(16)3/h5-6,8-13H,4,7H2,1-3H3/t13-/m0/s1. The number of carbonyl (C=O) groups is 1. The van der Waals surface area contributed by atoms with Crippen LogP contribution in [0.2, 0.25) is 0 Å². The Kier molecular flexibility index (Phi) is 4.62. The molecule has 0 aliphatic carbocycles. The van der Waals surface area contributed by atoms with E-state index in [4.69, 9.17) is 4.74 Å². The minimum absolute atomic E-state index is 0.132. The summed E-state index contributed by atoms with van der Waals surface area (Å²) in [6, 6.07) is 14.7. The molecule has 2 aromatic rings. The second-order valence-electron chi connectivity index (χ2n) is 5.74. The number of nitrogens with zero attached hydrogens (tertiary/aromatic N) is 1. The Hall–Kier alpha value is -1.94. The van der Waals surface area contributed by atoms with E-state index in [0.29, 0.717) is 6.42 Å². The van der Waals surface area contributed by atoms with Crippen LogP contribution in [-0.2, 0) is 9.53 Å². The first kappa shape index (κ1) is 15.9. The third kappa shape index (κ3) is 3.22. The van der Waals surface area contributed by atoms with Gasteiger partial charge in [-0.2, -0.15) is 0 Å². The van der Waals surface area contributed by atoms with Gasteiger partial charge in [-0.1, -0.05) is 36.9 Å². The van der Waals surface area contributed by atoms with Gasteiger partial charge in [0.2, 0.25) is 0 Å². The third-order valence-electron chi connectivity index (χ3n) is 4.02. The fraction of sp³-hybridized carbons (Fsp3) is 0.316. The van der Waals surface area contributed by atoms with Gasteiger partial charge in [-0.3, -0.25) is 4.79 Å². The van der Waals surface area contributed by atoms with Crippen LogP contribution in [0, 0.1) is 0 Å². The Morgan fingerprint density at radius 1 is 1.17 bits per heavy atom. The van der Waals surface area contributed by atoms with Gasteiger partial charge in [-0.25, -0.2) is 0 Å². The second-order valence-corrected chi connectivity index (χ2v) is 6.82. The number of esters is 1. The van der Waals surface area contributed by atoms with E-state index in [1.165, 1.54) is 21.2 Å². The molecule has 23 heavy (non-hydrogen) atoms. The first-order valence-electron chi connectivity index (χ1n) is 7.94. The number of ether oxygens (including phenoxy) is 1. The number of hydrogen-bond donors (Lipinski definition) is 0. The van der Waals surface area contributed by atoms with Gasteiger partial charge in [-0.05, 0) is 43.2 Å². The molecule has 0 saturated heterocycles. The van der Waals surface area contributed by atoms with E-state index in [-0.39, 0.29) is 12.1 Å². The number of rotatable bonds is 4. The summed E-state index contributed by atoms with van der Waals surface area (Å²) in [6.45, 7) is 3.91. The average Bonchev–Trinajstić information content (AvgIpc) is 2.54. The zero-order valence-corrected chi connectivity index (χ0v) is 14.5. The van der Waals surface area contributed by atoms with Crippen LogP contribution in [0.5, 0.6) is 0 Å². The van der Waals surface area contributed by atoms with Crippen LogP contribution in [0.3, 0.4) is 0 Å². The molecule has 0 unspecified atom stereocenters. The summed E-state index contributed by atoms with van der Waals surface area (Å²) >= 11 is 1.76. The van der Waals surface area contributed by atoms with E-state index < -0.39 is 0 Å². The van der Waals surface area contributed by atoms with E-state index >= 15 is 0 Å². The Balaban J connectivity index is 1.85. The number of carbonyl (C=O) groups excluding carboxylic acids is 1. The van der Waals surface area contributed by atoms with Crippen molar-refractivity contribution in [3.8, 4) is 0 Å². The molecule has 120 valence electrons. The van der Waals surface area contributed by atoms with Gasteiger partial charge in [0, 0.05) is 23.3 Å². The maximum absolute atomic E-state index is 11.7. The topological polar surface area (TPSA) is 29.5 Å². The monoisotopic (exact) mass is 327 g/mol. The Morgan fingerprint density at radius 2 is 1.91 bits per heavy atom. The lowest BCUT2D eigenvalue weighted by molar-refractivity contribution is -0.148. The summed E-state index contributed by atoms with van der Waals surface area (Å²) in [5, 5.41) is 0. The van der Waals surface area contributed by atoms with E-state index in [1.807, 2.05) is 19.9 Å². The van der Waals surface area contributed by atoms with Gasteiger partial charge in [0.05, 0.1) is 11.4 Å². The molecule has 3 rings (SSSR count). The van der Waals surface area contributed by atoms with E-state index in [9.17, 15) is 4.79 Å². The summed E-state index contributed by atoms with van der Waals surface area (Å²) in [7, 11) is 2.09. The van der Waals surface area contributed by atoms with Crippen molar-refractivity contribution in [2.75, 3.05) is 11.9 Å². The van der Waals surface area contributed by atoms with Crippen LogP contribution < -0.4 is 4.90 Å². The predicted octanol–water partition coefficient (Wildman–Crippen LogP) is 5.32. The van der Waals surface area contributed by atoms with Gasteiger partial charge >= 0.3 is 5.97 Å². The molecule has 1 heterocycles. The predicted molar refractivity (Wildman–Crippen MR) is 94.5 cm³/mol. The van der Waals surface area contributed by atoms with Gasteiger partial charge in [0.25, 0.3) is 0 Å². The zero-order chi connectivity index (χ0) is 16.4. The number of para-hydroxylation sites is 1. The Bertz CT molecular complexity index is 729. The molecule has 0 N–H and O–H groups in total. The number of anilines is 2. The molecule has 0 aromatic heterocycles. The quantitative estimate of drug-likeness (QED) is 0.711. The summed E-state index contributed by atoms with van der Waals surface area (Å²) in [5.74, 6) is -0.132. The highest BCUT2D eigenvalue weighted by Gasteiger charge is 2.22. The number of benzene rings is 2. The molecule has 0 fully saturated rings. The van der Waals surface area contributed by atoms with E-state index in [1.54, 1.807) is 11.8 Å². The normalized spacial score (nSPS) is 14.0. The highest BCUT2D eigenvalue weighted by molar-refractivity contribution is 7.99. The minimum atomic E-state index is -0.220. The molecule has 0 radical (unpaired) electrons. The zero-order valence-electron chi connectivity index (χ0n) is 13.7. The largest absolute Gasteiger partial charge is 0.458 e. The molecular formula is C19H21NO2S. The van der Waals surface area contributed by atoms with Gasteiger partial charge < -0.3 is 9.64 Å². The van der Waals surface area contributed by atoms with Crippen molar-refractivity contribution in [1.82, 2.24) is 0 Å². The summed E-state index contributed by atoms with van der Waals surface area (Å²) in [4.78, 5) is 16.3. The first-order valence-corrected chi connectivity index (χ1v) is 8.76. The fourth-order valence-corrected chi connectivity index (χ4v) is 3.94. The van der Waals surface area contributed by atoms with Crippen molar-refractivity contribution in [2.45, 2.75) is 42.6 Å². The van der Waals surface area contributed by atoms with Crippen LogP contribution >= 0.6 is 11.8 Å². The van der Waals surface area contributed by atoms with Crippen molar-refractivity contribution in [3.05, 3.63) is 48.0 Å². The van der Waals surface area contributed by atoms with Crippen molar-refractivity contribution in [1.29, 1.82) is 0 Å². The second kappa shape index (κ2) is 6.67. The van der Waals surface area contributed by atoms with E-state index in [0.717, 1.165) is 12.0 Å². The molecule has 0 amide bonds. The minimum Gasteiger partial charge on any atom is -0.458 e. The molecule has 0 saturated carbocycles. The van der Waals surface area contributed by atoms with Crippen LogP contribution in [0.25, 0.3) is 0 Å². The van der Waals surface area contributed by atoms with Crippen molar-refractivity contribution in [2.24, 2.45) is 0 Å². The molecule has 1 aliphatic rings. The van der Waals surface area contributed by atoms with E-state index in [2.05, 4.69) is 48.3 Å².